The summed E-state index contributed by atoms with van der Waals surface area (Å²) in [5.74, 6) is -1.70. The fraction of sp³-hybridized carbons (Fsp3) is 0.278. The third-order valence-electron chi connectivity index (χ3n) is 4.19. The predicted octanol–water partition coefficient (Wildman–Crippen LogP) is 5.98. The molecule has 0 aliphatic heterocycles. The van der Waals surface area contributed by atoms with Crippen LogP contribution in [0, 0.1) is 5.82 Å². The number of hydrogen-bond acceptors (Lipinski definition) is 2. The molecule has 25 heavy (non-hydrogen) atoms. The van der Waals surface area contributed by atoms with Crippen LogP contribution in [0.5, 0.6) is 11.5 Å². The van der Waals surface area contributed by atoms with E-state index in [0.29, 0.717) is 24.8 Å². The van der Waals surface area contributed by atoms with Gasteiger partial charge in [0.2, 0.25) is 0 Å². The Morgan fingerprint density at radius 2 is 1.84 bits per heavy atom. The zero-order valence-corrected chi connectivity index (χ0v) is 13.7. The molecular formula is C18H13ClF4O2. The highest BCUT2D eigenvalue weighted by molar-refractivity contribution is 6.32. The van der Waals surface area contributed by atoms with Gasteiger partial charge in [-0.3, -0.25) is 4.79 Å². The Morgan fingerprint density at radius 1 is 1.12 bits per heavy atom. The summed E-state index contributed by atoms with van der Waals surface area (Å²) in [5.41, 5.74) is 0.942. The highest BCUT2D eigenvalue weighted by Gasteiger charge is 2.33. The van der Waals surface area contributed by atoms with Crippen molar-refractivity contribution in [3.63, 3.8) is 0 Å². The maximum absolute atomic E-state index is 14.1. The van der Waals surface area contributed by atoms with Gasteiger partial charge in [0, 0.05) is 0 Å². The molecule has 3 rings (SSSR count). The number of fused-ring (bicyclic) bond motifs is 1. The number of ether oxygens (including phenoxy) is 1. The molecule has 2 nitrogen and oxygen atoms in total. The van der Waals surface area contributed by atoms with Crippen LogP contribution in [0.25, 0.3) is 0 Å². The summed E-state index contributed by atoms with van der Waals surface area (Å²) >= 11 is 5.78. The van der Waals surface area contributed by atoms with Crippen molar-refractivity contribution in [1.82, 2.24) is 0 Å². The predicted molar refractivity (Wildman–Crippen MR) is 85.0 cm³/mol. The lowest BCUT2D eigenvalue weighted by Crippen LogP contribution is -2.08. The molecule has 0 saturated carbocycles. The van der Waals surface area contributed by atoms with Crippen molar-refractivity contribution in [3.8, 4) is 11.5 Å². The molecule has 2 aromatic carbocycles. The number of halogens is 5. The monoisotopic (exact) mass is 372 g/mol. The van der Waals surface area contributed by atoms with E-state index in [1.54, 1.807) is 6.07 Å². The third-order valence-corrected chi connectivity index (χ3v) is 4.47. The Labute approximate surface area is 146 Å². The molecule has 0 aromatic heterocycles. The van der Waals surface area contributed by atoms with Crippen molar-refractivity contribution in [1.29, 1.82) is 0 Å². The average Bonchev–Trinajstić information content (AvgIpc) is 2.56. The second-order valence-electron chi connectivity index (χ2n) is 5.81. The lowest BCUT2D eigenvalue weighted by atomic mass is 9.88. The number of carbonyl (C=O) groups excluding carboxylic acids is 1. The van der Waals surface area contributed by atoms with Gasteiger partial charge in [-0.1, -0.05) is 17.7 Å². The molecule has 2 aromatic rings. The molecule has 132 valence electrons. The second-order valence-corrected chi connectivity index (χ2v) is 6.22. The summed E-state index contributed by atoms with van der Waals surface area (Å²) in [6, 6.07) is 4.22. The van der Waals surface area contributed by atoms with Gasteiger partial charge in [-0.05, 0) is 55.0 Å². The van der Waals surface area contributed by atoms with Gasteiger partial charge < -0.3 is 4.74 Å². The van der Waals surface area contributed by atoms with Crippen LogP contribution in [-0.2, 0) is 19.0 Å². The molecule has 7 heteroatoms. The van der Waals surface area contributed by atoms with Crippen LogP contribution < -0.4 is 4.74 Å². The van der Waals surface area contributed by atoms with E-state index in [2.05, 4.69) is 0 Å². The third kappa shape index (κ3) is 3.49. The molecule has 0 heterocycles. The van der Waals surface area contributed by atoms with Crippen LogP contribution in [0.3, 0.4) is 0 Å². The zero-order valence-electron chi connectivity index (χ0n) is 12.9. The number of rotatable bonds is 3. The quantitative estimate of drug-likeness (QED) is 0.489. The molecule has 1 aliphatic rings. The van der Waals surface area contributed by atoms with E-state index >= 15 is 0 Å². The molecule has 0 radical (unpaired) electrons. The summed E-state index contributed by atoms with van der Waals surface area (Å²) in [7, 11) is 0. The largest absolute Gasteiger partial charge is 0.452 e. The Bertz CT molecular complexity index is 808. The molecular weight excluding hydrogens is 360 g/mol. The van der Waals surface area contributed by atoms with Crippen LogP contribution in [-0.4, -0.2) is 6.29 Å². The van der Waals surface area contributed by atoms with Crippen molar-refractivity contribution in [2.45, 2.75) is 31.9 Å². The molecule has 0 fully saturated rings. The van der Waals surface area contributed by atoms with Gasteiger partial charge in [-0.2, -0.15) is 13.2 Å². The van der Waals surface area contributed by atoms with Gasteiger partial charge in [-0.25, -0.2) is 4.39 Å². The molecule has 1 aliphatic carbocycles. The number of aldehydes is 1. The van der Waals surface area contributed by atoms with Crippen molar-refractivity contribution in [2.75, 3.05) is 0 Å². The van der Waals surface area contributed by atoms with E-state index in [-0.39, 0.29) is 11.3 Å². The number of benzene rings is 2. The average molecular weight is 373 g/mol. The van der Waals surface area contributed by atoms with E-state index in [1.807, 2.05) is 0 Å². The van der Waals surface area contributed by atoms with Gasteiger partial charge in [0.05, 0.1) is 16.1 Å². The minimum atomic E-state index is -4.72. The van der Waals surface area contributed by atoms with Gasteiger partial charge in [0.15, 0.2) is 17.9 Å². The Balaban J connectivity index is 2.02. The Kier molecular flexibility index (Phi) is 4.73. The SMILES string of the molecule is O=Cc1c(Oc2c(F)cc(C(F)(F)F)cc2Cl)ccc2c1CCCC2. The highest BCUT2D eigenvalue weighted by Crippen LogP contribution is 2.40. The lowest BCUT2D eigenvalue weighted by Gasteiger charge is -2.20. The number of alkyl halides is 3. The smallest absolute Gasteiger partial charge is 0.416 e. The summed E-state index contributed by atoms with van der Waals surface area (Å²) < 4.78 is 57.6. The first kappa shape index (κ1) is 17.7. The zero-order chi connectivity index (χ0) is 18.2. The Hall–Kier alpha value is -2.08. The topological polar surface area (TPSA) is 26.3 Å². The maximum atomic E-state index is 14.1. The van der Waals surface area contributed by atoms with Crippen molar-refractivity contribution in [3.05, 3.63) is 57.4 Å². The lowest BCUT2D eigenvalue weighted by molar-refractivity contribution is -0.137. The second kappa shape index (κ2) is 6.67. The van der Waals surface area contributed by atoms with Crippen molar-refractivity contribution in [2.24, 2.45) is 0 Å². The van der Waals surface area contributed by atoms with E-state index in [4.69, 9.17) is 16.3 Å². The van der Waals surface area contributed by atoms with Crippen LogP contribution >= 0.6 is 11.6 Å². The van der Waals surface area contributed by atoms with Gasteiger partial charge in [0.25, 0.3) is 0 Å². The number of aryl methyl sites for hydroxylation is 1. The van der Waals surface area contributed by atoms with E-state index in [1.165, 1.54) is 6.07 Å². The Morgan fingerprint density at radius 3 is 2.48 bits per heavy atom. The molecule has 0 amide bonds. The van der Waals surface area contributed by atoms with Crippen LogP contribution in [0.15, 0.2) is 24.3 Å². The minimum absolute atomic E-state index is 0.0798. The highest BCUT2D eigenvalue weighted by atomic mass is 35.5. The first-order valence-electron chi connectivity index (χ1n) is 7.65. The minimum Gasteiger partial charge on any atom is -0.452 e. The van der Waals surface area contributed by atoms with Gasteiger partial charge in [0.1, 0.15) is 5.75 Å². The van der Waals surface area contributed by atoms with E-state index in [0.717, 1.165) is 30.4 Å². The summed E-state index contributed by atoms with van der Waals surface area (Å²) in [4.78, 5) is 11.5. The van der Waals surface area contributed by atoms with Crippen LogP contribution in [0.1, 0.15) is 39.9 Å². The molecule has 0 bridgehead atoms. The molecule has 0 saturated heterocycles. The van der Waals surface area contributed by atoms with Crippen molar-refractivity contribution >= 4 is 17.9 Å². The van der Waals surface area contributed by atoms with E-state index < -0.39 is 28.3 Å². The number of carbonyl (C=O) groups is 1. The fourth-order valence-electron chi connectivity index (χ4n) is 2.98. The molecule has 0 unspecified atom stereocenters. The standard InChI is InChI=1S/C18H13ClF4O2/c19-14-7-11(18(21,22)23)8-15(20)17(14)25-16-6-5-10-3-1-2-4-12(10)13(16)9-24/h5-9H,1-4H2. The first-order valence-corrected chi connectivity index (χ1v) is 8.03. The van der Waals surface area contributed by atoms with Crippen molar-refractivity contribution < 1.29 is 27.1 Å². The molecule has 0 atom stereocenters. The summed E-state index contributed by atoms with van der Waals surface area (Å²) in [6.45, 7) is 0. The normalized spacial score (nSPS) is 14.1. The first-order chi connectivity index (χ1) is 11.8. The van der Waals surface area contributed by atoms with Crippen LogP contribution in [0.2, 0.25) is 5.02 Å². The number of hydrogen-bond donors (Lipinski definition) is 0. The van der Waals surface area contributed by atoms with Gasteiger partial charge >= 0.3 is 6.18 Å². The fourth-order valence-corrected chi connectivity index (χ4v) is 3.23. The summed E-state index contributed by atoms with van der Waals surface area (Å²) in [5, 5.41) is -0.512. The van der Waals surface area contributed by atoms with Gasteiger partial charge in [-0.15, -0.1) is 0 Å². The summed E-state index contributed by atoms with van der Waals surface area (Å²) in [6.07, 6.45) is -0.620. The maximum Gasteiger partial charge on any atom is 0.416 e. The van der Waals surface area contributed by atoms with Crippen LogP contribution in [0.4, 0.5) is 17.6 Å². The van der Waals surface area contributed by atoms with E-state index in [9.17, 15) is 22.4 Å². The molecule has 0 spiro atoms. The molecule has 0 N–H and O–H groups in total.